The van der Waals surface area contributed by atoms with Crippen molar-refractivity contribution in [3.8, 4) is 0 Å². The molecule has 378 valence electrons. The Morgan fingerprint density at radius 2 is 0.672 bits per heavy atom. The third kappa shape index (κ3) is 52.6. The lowest BCUT2D eigenvalue weighted by Crippen LogP contribution is -2.30. The Morgan fingerprint density at radius 3 is 1.15 bits per heavy atom. The molecular formula is C61H98O6. The number of hydrogen-bond acceptors (Lipinski definition) is 6. The summed E-state index contributed by atoms with van der Waals surface area (Å²) in [5, 5.41) is 0. The molecule has 0 spiro atoms. The molecule has 0 aliphatic rings. The zero-order valence-corrected chi connectivity index (χ0v) is 43.1. The van der Waals surface area contributed by atoms with Crippen molar-refractivity contribution in [2.24, 2.45) is 0 Å². The molecule has 67 heavy (non-hydrogen) atoms. The van der Waals surface area contributed by atoms with E-state index in [-0.39, 0.29) is 37.5 Å². The van der Waals surface area contributed by atoms with Crippen molar-refractivity contribution in [1.82, 2.24) is 0 Å². The predicted octanol–water partition coefficient (Wildman–Crippen LogP) is 18.1. The van der Waals surface area contributed by atoms with Gasteiger partial charge < -0.3 is 14.2 Å². The highest BCUT2D eigenvalue weighted by Crippen LogP contribution is 2.13. The zero-order valence-electron chi connectivity index (χ0n) is 43.1. The first-order chi connectivity index (χ1) is 33.0. The number of rotatable bonds is 47. The molecule has 0 N–H and O–H groups in total. The van der Waals surface area contributed by atoms with Crippen LogP contribution in [0.3, 0.4) is 0 Å². The van der Waals surface area contributed by atoms with Crippen molar-refractivity contribution in [3.63, 3.8) is 0 Å². The lowest BCUT2D eigenvalue weighted by atomic mass is 10.1. The van der Waals surface area contributed by atoms with Crippen LogP contribution in [0.5, 0.6) is 0 Å². The smallest absolute Gasteiger partial charge is 0.306 e. The minimum Gasteiger partial charge on any atom is -0.462 e. The average molecular weight is 927 g/mol. The van der Waals surface area contributed by atoms with Gasteiger partial charge >= 0.3 is 17.9 Å². The van der Waals surface area contributed by atoms with Crippen LogP contribution in [-0.2, 0) is 28.6 Å². The van der Waals surface area contributed by atoms with Gasteiger partial charge in [-0.1, -0.05) is 245 Å². The van der Waals surface area contributed by atoms with Crippen LogP contribution in [0.4, 0.5) is 0 Å². The molecule has 0 aromatic heterocycles. The molecule has 0 aromatic rings. The monoisotopic (exact) mass is 927 g/mol. The van der Waals surface area contributed by atoms with Crippen LogP contribution in [0, 0.1) is 0 Å². The SMILES string of the molecule is CC/C=C/C=C/C=C/C=C/C=C/C=C/C=C/CCCCCC(=O)OCC(COC(=O)CC/C=C/C/C=C/CCCCCCCC)OC(=O)CCCCCCCCC/C=C/CCCCCCCC. The average Bonchev–Trinajstić information content (AvgIpc) is 3.33. The first-order valence-corrected chi connectivity index (χ1v) is 27.1. The Balaban J connectivity index is 4.56. The molecule has 6 nitrogen and oxygen atoms in total. The summed E-state index contributed by atoms with van der Waals surface area (Å²) in [6, 6.07) is 0. The lowest BCUT2D eigenvalue weighted by molar-refractivity contribution is -0.166. The number of ether oxygens (including phenoxy) is 3. The van der Waals surface area contributed by atoms with Crippen LogP contribution in [0.25, 0.3) is 0 Å². The van der Waals surface area contributed by atoms with Crippen LogP contribution in [0.1, 0.15) is 226 Å². The summed E-state index contributed by atoms with van der Waals surface area (Å²) in [4.78, 5) is 38.0. The number of carbonyl (C=O) groups excluding carboxylic acids is 3. The van der Waals surface area contributed by atoms with Gasteiger partial charge in [-0.3, -0.25) is 14.4 Å². The second-order valence-corrected chi connectivity index (χ2v) is 17.6. The molecule has 1 atom stereocenters. The Kier molecular flexibility index (Phi) is 51.0. The Labute approximate surface area is 412 Å². The van der Waals surface area contributed by atoms with Crippen LogP contribution in [0.2, 0.25) is 0 Å². The molecule has 0 heterocycles. The number of esters is 3. The summed E-state index contributed by atoms with van der Waals surface area (Å²) in [7, 11) is 0. The molecule has 0 amide bonds. The van der Waals surface area contributed by atoms with Crippen molar-refractivity contribution in [2.75, 3.05) is 13.2 Å². The van der Waals surface area contributed by atoms with Crippen molar-refractivity contribution in [2.45, 2.75) is 232 Å². The Bertz CT molecular complexity index is 1440. The van der Waals surface area contributed by atoms with Gasteiger partial charge in [0, 0.05) is 19.3 Å². The van der Waals surface area contributed by atoms with Gasteiger partial charge in [0.2, 0.25) is 0 Å². The van der Waals surface area contributed by atoms with E-state index in [1.807, 2.05) is 79.0 Å². The first-order valence-electron chi connectivity index (χ1n) is 27.1. The van der Waals surface area contributed by atoms with E-state index in [1.165, 1.54) is 116 Å². The van der Waals surface area contributed by atoms with Crippen molar-refractivity contribution < 1.29 is 28.6 Å². The molecule has 0 saturated carbocycles. The molecule has 0 fully saturated rings. The second kappa shape index (κ2) is 54.4. The Morgan fingerprint density at radius 1 is 0.328 bits per heavy atom. The van der Waals surface area contributed by atoms with Crippen LogP contribution in [-0.4, -0.2) is 37.2 Å². The molecule has 0 aromatic carbocycles. The maximum Gasteiger partial charge on any atom is 0.306 e. The molecule has 0 aliphatic heterocycles. The Hall–Kier alpha value is -4.19. The highest BCUT2D eigenvalue weighted by molar-refractivity contribution is 5.71. The summed E-state index contributed by atoms with van der Waals surface area (Å²) < 4.78 is 16.7. The van der Waals surface area contributed by atoms with Crippen molar-refractivity contribution in [1.29, 1.82) is 0 Å². The fraction of sp³-hybridized carbons (Fsp3) is 0.623. The molecule has 6 heteroatoms. The van der Waals surface area contributed by atoms with E-state index in [0.717, 1.165) is 64.2 Å². The van der Waals surface area contributed by atoms with Crippen molar-refractivity contribution >= 4 is 17.9 Å². The molecule has 1 unspecified atom stereocenters. The highest BCUT2D eigenvalue weighted by atomic mass is 16.6. The van der Waals surface area contributed by atoms with Gasteiger partial charge in [-0.05, 0) is 83.5 Å². The van der Waals surface area contributed by atoms with E-state index in [0.29, 0.717) is 19.3 Å². The maximum atomic E-state index is 12.8. The van der Waals surface area contributed by atoms with Crippen molar-refractivity contribution in [3.05, 3.63) is 122 Å². The molecule has 0 saturated heterocycles. The predicted molar refractivity (Wildman–Crippen MR) is 288 cm³/mol. The molecule has 0 rings (SSSR count). The van der Waals surface area contributed by atoms with E-state index in [2.05, 4.69) is 63.3 Å². The normalized spacial score (nSPS) is 13.1. The van der Waals surface area contributed by atoms with Crippen LogP contribution >= 0.6 is 0 Å². The zero-order chi connectivity index (χ0) is 48.6. The lowest BCUT2D eigenvalue weighted by Gasteiger charge is -2.18. The van der Waals surface area contributed by atoms with Gasteiger partial charge in [-0.2, -0.15) is 0 Å². The van der Waals surface area contributed by atoms with Gasteiger partial charge in [0.25, 0.3) is 0 Å². The van der Waals surface area contributed by atoms with Gasteiger partial charge in [0.15, 0.2) is 6.10 Å². The van der Waals surface area contributed by atoms with Gasteiger partial charge in [0.05, 0.1) is 0 Å². The fourth-order valence-electron chi connectivity index (χ4n) is 7.06. The standard InChI is InChI=1S/C61H98O6/c1-4-7-10-13-16-19-22-25-27-29-30-32-33-36-39-42-45-48-51-54-60(63)66-57-58(56-65-59(62)53-50-47-44-41-38-35-24-21-18-15-12-9-6-3)67-61(64)55-52-49-46-43-40-37-34-31-28-26-23-20-17-14-11-8-5-2/h7,10,13,16,19,22,25-30,32-33,35-36,38-39,44,47,58H,4-6,8-9,11-12,14-15,17-18,20-21,23-24,31,34,37,40-43,45-46,48-57H2,1-3H3/b10-7+,16-13+,22-19+,27-25+,28-26+,30-29+,33-32+,38-35+,39-36+,47-44+. The third-order valence-electron chi connectivity index (χ3n) is 11.1. The minimum absolute atomic E-state index is 0.124. The molecule has 0 radical (unpaired) electrons. The maximum absolute atomic E-state index is 12.8. The fourth-order valence-corrected chi connectivity index (χ4v) is 7.06. The summed E-state index contributed by atoms with van der Waals surface area (Å²) in [6.07, 6.45) is 74.8. The van der Waals surface area contributed by atoms with Gasteiger partial charge in [-0.25, -0.2) is 0 Å². The van der Waals surface area contributed by atoms with Gasteiger partial charge in [0.1, 0.15) is 13.2 Å². The summed E-state index contributed by atoms with van der Waals surface area (Å²) in [5.74, 6) is -1.04. The number of carbonyl (C=O) groups is 3. The van der Waals surface area contributed by atoms with Crippen LogP contribution in [0.15, 0.2) is 122 Å². The minimum atomic E-state index is -0.825. The number of hydrogen-bond donors (Lipinski definition) is 0. The van der Waals surface area contributed by atoms with E-state index in [9.17, 15) is 14.4 Å². The second-order valence-electron chi connectivity index (χ2n) is 17.6. The van der Waals surface area contributed by atoms with E-state index >= 15 is 0 Å². The third-order valence-corrected chi connectivity index (χ3v) is 11.1. The van der Waals surface area contributed by atoms with Gasteiger partial charge in [-0.15, -0.1) is 0 Å². The number of unbranched alkanes of at least 4 members (excludes halogenated alkanes) is 22. The van der Waals surface area contributed by atoms with E-state index in [1.54, 1.807) is 0 Å². The molecule has 0 aliphatic carbocycles. The molecule has 0 bridgehead atoms. The van der Waals surface area contributed by atoms with E-state index < -0.39 is 6.10 Å². The first kappa shape index (κ1) is 62.8. The van der Waals surface area contributed by atoms with Crippen LogP contribution < -0.4 is 0 Å². The summed E-state index contributed by atoms with van der Waals surface area (Å²) in [5.41, 5.74) is 0. The highest BCUT2D eigenvalue weighted by Gasteiger charge is 2.19. The topological polar surface area (TPSA) is 78.9 Å². The summed E-state index contributed by atoms with van der Waals surface area (Å²) >= 11 is 0. The largest absolute Gasteiger partial charge is 0.462 e. The summed E-state index contributed by atoms with van der Waals surface area (Å²) in [6.45, 7) is 6.37. The number of allylic oxidation sites excluding steroid dienone is 20. The molecular weight excluding hydrogens is 829 g/mol. The quantitative estimate of drug-likeness (QED) is 0.0199. The van der Waals surface area contributed by atoms with E-state index in [4.69, 9.17) is 14.2 Å².